The van der Waals surface area contributed by atoms with Crippen molar-refractivity contribution in [1.29, 1.82) is 0 Å². The summed E-state index contributed by atoms with van der Waals surface area (Å²) in [7, 11) is 0. The Morgan fingerprint density at radius 2 is 2.04 bits per heavy atom. The normalized spacial score (nSPS) is 17.1. The second kappa shape index (κ2) is 7.56. The standard InChI is InChI=1S/C20H22N2O4/c1-14-5-2-6-15(11-14)12-21-10-4-8-17(18(21)23)19(24)22-9-3-7-16(13-22)20(25)26/h2,4-6,8,10-11,16H,3,7,9,12-13H2,1H3,(H,25,26)/t16-/m1/s1. The first-order valence-corrected chi connectivity index (χ1v) is 8.73. The Kier molecular flexibility index (Phi) is 5.21. The number of hydrogen-bond donors (Lipinski definition) is 1. The maximum atomic E-state index is 12.8. The van der Waals surface area contributed by atoms with Gasteiger partial charge in [0.1, 0.15) is 5.56 Å². The minimum atomic E-state index is -0.896. The average molecular weight is 354 g/mol. The van der Waals surface area contributed by atoms with Crippen molar-refractivity contribution in [3.63, 3.8) is 0 Å². The maximum Gasteiger partial charge on any atom is 0.308 e. The van der Waals surface area contributed by atoms with Crippen LogP contribution in [0.4, 0.5) is 0 Å². The van der Waals surface area contributed by atoms with Crippen LogP contribution in [-0.2, 0) is 11.3 Å². The van der Waals surface area contributed by atoms with Crippen molar-refractivity contribution < 1.29 is 14.7 Å². The molecular weight excluding hydrogens is 332 g/mol. The second-order valence-corrected chi connectivity index (χ2v) is 6.77. The summed E-state index contributed by atoms with van der Waals surface area (Å²) in [4.78, 5) is 38.2. The fraction of sp³-hybridized carbons (Fsp3) is 0.350. The van der Waals surface area contributed by atoms with E-state index >= 15 is 0 Å². The number of nitrogens with zero attached hydrogens (tertiary/aromatic N) is 2. The van der Waals surface area contributed by atoms with Gasteiger partial charge in [-0.3, -0.25) is 14.4 Å². The summed E-state index contributed by atoms with van der Waals surface area (Å²) in [6, 6.07) is 11.1. The molecule has 1 fully saturated rings. The molecule has 0 saturated carbocycles. The van der Waals surface area contributed by atoms with Gasteiger partial charge in [-0.2, -0.15) is 0 Å². The number of amides is 1. The number of aromatic nitrogens is 1. The number of carbonyl (C=O) groups excluding carboxylic acids is 1. The van der Waals surface area contributed by atoms with Gasteiger partial charge in [0.05, 0.1) is 12.5 Å². The molecule has 2 aromatic rings. The van der Waals surface area contributed by atoms with Crippen molar-refractivity contribution in [2.75, 3.05) is 13.1 Å². The maximum absolute atomic E-state index is 12.8. The highest BCUT2D eigenvalue weighted by atomic mass is 16.4. The Morgan fingerprint density at radius 3 is 2.77 bits per heavy atom. The molecule has 0 aliphatic carbocycles. The largest absolute Gasteiger partial charge is 0.481 e. The third-order valence-electron chi connectivity index (χ3n) is 4.74. The highest BCUT2D eigenvalue weighted by Gasteiger charge is 2.29. The van der Waals surface area contributed by atoms with Gasteiger partial charge in [0.15, 0.2) is 0 Å². The topological polar surface area (TPSA) is 79.6 Å². The molecule has 1 aromatic heterocycles. The van der Waals surface area contributed by atoms with Crippen LogP contribution in [0.5, 0.6) is 0 Å². The molecule has 6 nitrogen and oxygen atoms in total. The van der Waals surface area contributed by atoms with Gasteiger partial charge in [-0.15, -0.1) is 0 Å². The second-order valence-electron chi connectivity index (χ2n) is 6.77. The van der Waals surface area contributed by atoms with Crippen molar-refractivity contribution in [2.24, 2.45) is 5.92 Å². The zero-order chi connectivity index (χ0) is 18.7. The minimum absolute atomic E-state index is 0.0891. The molecule has 1 N–H and O–H groups in total. The summed E-state index contributed by atoms with van der Waals surface area (Å²) in [5.74, 6) is -1.85. The Balaban J connectivity index is 1.83. The van der Waals surface area contributed by atoms with E-state index in [1.165, 1.54) is 15.5 Å². The molecule has 0 radical (unpaired) electrons. The lowest BCUT2D eigenvalue weighted by molar-refractivity contribution is -0.143. The van der Waals surface area contributed by atoms with Crippen molar-refractivity contribution in [3.8, 4) is 0 Å². The van der Waals surface area contributed by atoms with Crippen LogP contribution < -0.4 is 5.56 Å². The van der Waals surface area contributed by atoms with Gasteiger partial charge in [-0.25, -0.2) is 0 Å². The Labute approximate surface area is 151 Å². The molecule has 6 heteroatoms. The fourth-order valence-corrected chi connectivity index (χ4v) is 3.36. The van der Waals surface area contributed by atoms with Crippen LogP contribution in [0.25, 0.3) is 0 Å². The highest BCUT2D eigenvalue weighted by Crippen LogP contribution is 2.18. The van der Waals surface area contributed by atoms with E-state index in [9.17, 15) is 19.5 Å². The molecule has 1 aromatic carbocycles. The lowest BCUT2D eigenvalue weighted by Gasteiger charge is -2.30. The van der Waals surface area contributed by atoms with E-state index in [4.69, 9.17) is 0 Å². The molecule has 2 heterocycles. The molecule has 1 aliphatic heterocycles. The van der Waals surface area contributed by atoms with Crippen LogP contribution in [0.3, 0.4) is 0 Å². The monoisotopic (exact) mass is 354 g/mol. The van der Waals surface area contributed by atoms with Crippen LogP contribution >= 0.6 is 0 Å². The number of benzene rings is 1. The van der Waals surface area contributed by atoms with Crippen LogP contribution in [-0.4, -0.2) is 39.5 Å². The molecule has 136 valence electrons. The first-order valence-electron chi connectivity index (χ1n) is 8.73. The Bertz CT molecular complexity index is 887. The van der Waals surface area contributed by atoms with Crippen molar-refractivity contribution >= 4 is 11.9 Å². The third-order valence-corrected chi connectivity index (χ3v) is 4.74. The first kappa shape index (κ1) is 17.9. The summed E-state index contributed by atoms with van der Waals surface area (Å²) in [6.07, 6.45) is 2.86. The van der Waals surface area contributed by atoms with Crippen LogP contribution in [0.2, 0.25) is 0 Å². The van der Waals surface area contributed by atoms with E-state index in [-0.39, 0.29) is 23.6 Å². The Morgan fingerprint density at radius 1 is 1.23 bits per heavy atom. The van der Waals surface area contributed by atoms with E-state index in [1.54, 1.807) is 12.3 Å². The summed E-state index contributed by atoms with van der Waals surface area (Å²) in [5, 5.41) is 9.19. The Hall–Kier alpha value is -2.89. The van der Waals surface area contributed by atoms with Gasteiger partial charge >= 0.3 is 5.97 Å². The van der Waals surface area contributed by atoms with E-state index < -0.39 is 11.9 Å². The van der Waals surface area contributed by atoms with Gasteiger partial charge in [0, 0.05) is 19.3 Å². The first-order chi connectivity index (χ1) is 12.5. The molecule has 3 rings (SSSR count). The number of likely N-dealkylation sites (tertiary alicyclic amines) is 1. The predicted octanol–water partition coefficient (Wildman–Crippen LogP) is 2.14. The van der Waals surface area contributed by atoms with Gasteiger partial charge < -0.3 is 14.6 Å². The van der Waals surface area contributed by atoms with E-state index in [0.29, 0.717) is 25.9 Å². The van der Waals surface area contributed by atoms with Gasteiger partial charge in [-0.05, 0) is 37.5 Å². The molecule has 1 atom stereocenters. The number of aryl methyl sites for hydroxylation is 1. The summed E-state index contributed by atoms with van der Waals surface area (Å²) >= 11 is 0. The smallest absolute Gasteiger partial charge is 0.308 e. The number of rotatable bonds is 4. The lowest BCUT2D eigenvalue weighted by Crippen LogP contribution is -2.44. The van der Waals surface area contributed by atoms with Gasteiger partial charge in [0.2, 0.25) is 0 Å². The fourth-order valence-electron chi connectivity index (χ4n) is 3.36. The third kappa shape index (κ3) is 3.85. The summed E-state index contributed by atoms with van der Waals surface area (Å²) in [6.45, 7) is 3.01. The zero-order valence-electron chi connectivity index (χ0n) is 14.7. The quantitative estimate of drug-likeness (QED) is 0.912. The number of pyridine rings is 1. The van der Waals surface area contributed by atoms with E-state index in [1.807, 2.05) is 31.2 Å². The van der Waals surface area contributed by atoms with Crippen molar-refractivity contribution in [3.05, 3.63) is 69.6 Å². The molecular formula is C20H22N2O4. The average Bonchev–Trinajstić information content (AvgIpc) is 2.63. The van der Waals surface area contributed by atoms with Crippen LogP contribution in [0.1, 0.15) is 34.3 Å². The molecule has 0 bridgehead atoms. The molecule has 0 spiro atoms. The van der Waals surface area contributed by atoms with E-state index in [0.717, 1.165) is 11.1 Å². The summed E-state index contributed by atoms with van der Waals surface area (Å²) in [5.41, 5.74) is 1.83. The van der Waals surface area contributed by atoms with Crippen LogP contribution in [0.15, 0.2) is 47.4 Å². The molecule has 1 saturated heterocycles. The number of aliphatic carboxylic acids is 1. The zero-order valence-corrected chi connectivity index (χ0v) is 14.7. The number of piperidine rings is 1. The molecule has 26 heavy (non-hydrogen) atoms. The van der Waals surface area contributed by atoms with Crippen molar-refractivity contribution in [2.45, 2.75) is 26.3 Å². The SMILES string of the molecule is Cc1cccc(Cn2cccc(C(=O)N3CCC[C@@H](C(=O)O)C3)c2=O)c1. The van der Waals surface area contributed by atoms with E-state index in [2.05, 4.69) is 0 Å². The van der Waals surface area contributed by atoms with Gasteiger partial charge in [-0.1, -0.05) is 29.8 Å². The minimum Gasteiger partial charge on any atom is -0.481 e. The number of carbonyl (C=O) groups is 2. The van der Waals surface area contributed by atoms with Gasteiger partial charge in [0.25, 0.3) is 11.5 Å². The lowest BCUT2D eigenvalue weighted by atomic mass is 9.98. The van der Waals surface area contributed by atoms with Crippen LogP contribution in [0, 0.1) is 12.8 Å². The highest BCUT2D eigenvalue weighted by molar-refractivity contribution is 5.94. The predicted molar refractivity (Wildman–Crippen MR) is 97.2 cm³/mol. The molecule has 1 amide bonds. The number of carboxylic acids is 1. The molecule has 1 aliphatic rings. The number of hydrogen-bond acceptors (Lipinski definition) is 3. The summed E-state index contributed by atoms with van der Waals surface area (Å²) < 4.78 is 1.51. The number of carboxylic acid groups (broad SMARTS) is 1. The van der Waals surface area contributed by atoms with Crippen molar-refractivity contribution in [1.82, 2.24) is 9.47 Å². The molecule has 0 unspecified atom stereocenters.